The number of aliphatic hydroxyl groups excluding tert-OH is 1. The molecule has 1 saturated heterocycles. The number of halogens is 1. The van der Waals surface area contributed by atoms with Gasteiger partial charge in [-0.05, 0) is 66.9 Å². The maximum absolute atomic E-state index is 13.5. The van der Waals surface area contributed by atoms with Gasteiger partial charge in [-0.3, -0.25) is 9.69 Å². The summed E-state index contributed by atoms with van der Waals surface area (Å²) in [6.45, 7) is 3.12. The molecule has 0 aromatic heterocycles. The molecule has 0 unspecified atom stereocenters. The normalized spacial score (nSPS) is 14.8. The van der Waals surface area contributed by atoms with Crippen molar-refractivity contribution in [2.75, 3.05) is 23.3 Å². The highest BCUT2D eigenvalue weighted by Gasteiger charge is 2.27. The summed E-state index contributed by atoms with van der Waals surface area (Å²) in [5.74, 6) is -0.632. The first-order valence-electron chi connectivity index (χ1n) is 10.9. The van der Waals surface area contributed by atoms with E-state index in [4.69, 9.17) is 0 Å². The molecule has 33 heavy (non-hydrogen) atoms. The first-order valence-corrected chi connectivity index (χ1v) is 10.9. The second kappa shape index (κ2) is 9.83. The number of hydrogen-bond donors (Lipinski definition) is 2. The molecule has 1 aliphatic heterocycles. The second-order valence-electron chi connectivity index (χ2n) is 8.15. The van der Waals surface area contributed by atoms with Gasteiger partial charge in [-0.15, -0.1) is 0 Å². The summed E-state index contributed by atoms with van der Waals surface area (Å²) < 4.78 is 13.5. The van der Waals surface area contributed by atoms with Gasteiger partial charge in [0.05, 0.1) is 6.10 Å². The Bertz CT molecular complexity index is 1160. The maximum Gasteiger partial charge on any atom is 0.324 e. The number of amides is 3. The van der Waals surface area contributed by atoms with E-state index in [1.165, 1.54) is 12.1 Å². The molecule has 1 atom stereocenters. The summed E-state index contributed by atoms with van der Waals surface area (Å²) >= 11 is 0. The molecule has 2 N–H and O–H groups in total. The van der Waals surface area contributed by atoms with Crippen LogP contribution in [0.2, 0.25) is 0 Å². The number of anilines is 2. The minimum atomic E-state index is -0.634. The van der Waals surface area contributed by atoms with E-state index in [1.54, 1.807) is 77.4 Å². The van der Waals surface area contributed by atoms with Gasteiger partial charge in [0.15, 0.2) is 0 Å². The summed E-state index contributed by atoms with van der Waals surface area (Å²) in [6.07, 6.45) is 0.134. The Morgan fingerprint density at radius 1 is 1.06 bits per heavy atom. The first-order chi connectivity index (χ1) is 15.9. The molecular formula is C26H26FN3O3. The van der Waals surface area contributed by atoms with Crippen LogP contribution < -0.4 is 10.2 Å². The molecule has 0 spiro atoms. The zero-order valence-corrected chi connectivity index (χ0v) is 18.4. The van der Waals surface area contributed by atoms with E-state index in [-0.39, 0.29) is 17.8 Å². The highest BCUT2D eigenvalue weighted by Crippen LogP contribution is 2.24. The van der Waals surface area contributed by atoms with Crippen molar-refractivity contribution in [1.29, 1.82) is 0 Å². The smallest absolute Gasteiger partial charge is 0.324 e. The SMILES string of the molecule is C[C@@H](O)c1cccc(NC(=O)c2cccc(N3CCCN(Cc4cccc(F)c4)C3=O)c2)c1. The number of rotatable bonds is 6. The Labute approximate surface area is 192 Å². The largest absolute Gasteiger partial charge is 0.389 e. The van der Waals surface area contributed by atoms with E-state index in [0.717, 1.165) is 12.0 Å². The van der Waals surface area contributed by atoms with Crippen molar-refractivity contribution in [3.63, 3.8) is 0 Å². The molecule has 0 radical (unpaired) electrons. The standard InChI is InChI=1S/C26H26FN3O3/c1-18(31)20-7-3-10-23(15-20)28-25(32)21-8-4-11-24(16-21)30-13-5-12-29(26(30)33)17-19-6-2-9-22(27)14-19/h2-4,6-11,14-16,18,31H,5,12-13,17H2,1H3,(H,28,32)/t18-/m1/s1. The molecule has 3 aromatic rings. The molecule has 4 rings (SSSR count). The zero-order chi connectivity index (χ0) is 23.4. The quantitative estimate of drug-likeness (QED) is 0.561. The number of aliphatic hydroxyl groups is 1. The van der Waals surface area contributed by atoms with Crippen LogP contribution in [-0.4, -0.2) is 35.0 Å². The number of nitrogens with one attached hydrogen (secondary N) is 1. The Kier molecular flexibility index (Phi) is 6.70. The van der Waals surface area contributed by atoms with E-state index >= 15 is 0 Å². The van der Waals surface area contributed by atoms with Crippen LogP contribution in [0.15, 0.2) is 72.8 Å². The van der Waals surface area contributed by atoms with Crippen molar-refractivity contribution in [3.8, 4) is 0 Å². The van der Waals surface area contributed by atoms with Crippen molar-refractivity contribution >= 4 is 23.3 Å². The van der Waals surface area contributed by atoms with Crippen LogP contribution in [-0.2, 0) is 6.54 Å². The Hall–Kier alpha value is -3.71. The molecule has 3 amide bonds. The molecule has 3 aromatic carbocycles. The average molecular weight is 448 g/mol. The van der Waals surface area contributed by atoms with Gasteiger partial charge >= 0.3 is 6.03 Å². The highest BCUT2D eigenvalue weighted by molar-refractivity contribution is 6.05. The molecular weight excluding hydrogens is 421 g/mol. The van der Waals surface area contributed by atoms with E-state index in [0.29, 0.717) is 42.1 Å². The fourth-order valence-electron chi connectivity index (χ4n) is 3.92. The number of carbonyl (C=O) groups is 2. The average Bonchev–Trinajstić information content (AvgIpc) is 2.81. The van der Waals surface area contributed by atoms with E-state index in [9.17, 15) is 19.1 Å². The molecule has 0 bridgehead atoms. The maximum atomic E-state index is 13.5. The van der Waals surface area contributed by atoms with E-state index in [1.807, 2.05) is 0 Å². The van der Waals surface area contributed by atoms with E-state index < -0.39 is 6.10 Å². The van der Waals surface area contributed by atoms with Crippen LogP contribution in [0.25, 0.3) is 0 Å². The van der Waals surface area contributed by atoms with Crippen molar-refractivity contribution in [2.45, 2.75) is 26.0 Å². The summed E-state index contributed by atoms with van der Waals surface area (Å²) in [5, 5.41) is 12.6. The van der Waals surface area contributed by atoms with Gasteiger partial charge in [0, 0.05) is 36.6 Å². The Morgan fingerprint density at radius 3 is 2.64 bits per heavy atom. The van der Waals surface area contributed by atoms with Crippen LogP contribution in [0.1, 0.15) is 40.9 Å². The predicted octanol–water partition coefficient (Wildman–Crippen LogP) is 4.96. The summed E-state index contributed by atoms with van der Waals surface area (Å²) in [7, 11) is 0. The summed E-state index contributed by atoms with van der Waals surface area (Å²) in [6, 6.07) is 20.0. The lowest BCUT2D eigenvalue weighted by molar-refractivity contribution is 0.102. The molecule has 1 aliphatic rings. The van der Waals surface area contributed by atoms with Crippen molar-refractivity contribution in [1.82, 2.24) is 4.90 Å². The monoisotopic (exact) mass is 447 g/mol. The number of urea groups is 1. The van der Waals surface area contributed by atoms with Crippen LogP contribution in [0.5, 0.6) is 0 Å². The molecule has 0 saturated carbocycles. The predicted molar refractivity (Wildman–Crippen MR) is 126 cm³/mol. The van der Waals surface area contributed by atoms with Gasteiger partial charge in [-0.2, -0.15) is 0 Å². The fourth-order valence-corrected chi connectivity index (χ4v) is 3.92. The fraction of sp³-hybridized carbons (Fsp3) is 0.231. The third-order valence-corrected chi connectivity index (χ3v) is 5.62. The topological polar surface area (TPSA) is 72.9 Å². The third-order valence-electron chi connectivity index (χ3n) is 5.62. The molecule has 1 fully saturated rings. The Balaban J connectivity index is 1.49. The number of benzene rings is 3. The van der Waals surface area contributed by atoms with Gasteiger partial charge in [0.1, 0.15) is 5.82 Å². The van der Waals surface area contributed by atoms with Gasteiger partial charge in [-0.1, -0.05) is 30.3 Å². The van der Waals surface area contributed by atoms with Crippen molar-refractivity contribution in [3.05, 3.63) is 95.3 Å². The number of carbonyl (C=O) groups excluding carboxylic acids is 2. The van der Waals surface area contributed by atoms with Crippen molar-refractivity contribution < 1.29 is 19.1 Å². The Morgan fingerprint density at radius 2 is 1.85 bits per heavy atom. The minimum Gasteiger partial charge on any atom is -0.389 e. The van der Waals surface area contributed by atoms with Gasteiger partial charge in [0.2, 0.25) is 0 Å². The van der Waals surface area contributed by atoms with Crippen LogP contribution in [0.4, 0.5) is 20.6 Å². The highest BCUT2D eigenvalue weighted by atomic mass is 19.1. The lowest BCUT2D eigenvalue weighted by atomic mass is 10.1. The second-order valence-corrected chi connectivity index (χ2v) is 8.15. The molecule has 170 valence electrons. The lowest BCUT2D eigenvalue weighted by Crippen LogP contribution is -2.49. The first kappa shape index (κ1) is 22.5. The minimum absolute atomic E-state index is 0.173. The zero-order valence-electron chi connectivity index (χ0n) is 18.4. The molecule has 7 heteroatoms. The third kappa shape index (κ3) is 5.38. The number of nitrogens with zero attached hydrogens (tertiary/aromatic N) is 2. The summed E-state index contributed by atoms with van der Waals surface area (Å²) in [4.78, 5) is 29.3. The van der Waals surface area contributed by atoms with Gasteiger partial charge < -0.3 is 15.3 Å². The lowest BCUT2D eigenvalue weighted by Gasteiger charge is -2.35. The van der Waals surface area contributed by atoms with E-state index in [2.05, 4.69) is 5.32 Å². The molecule has 1 heterocycles. The number of hydrogen-bond acceptors (Lipinski definition) is 3. The van der Waals surface area contributed by atoms with Crippen LogP contribution in [0, 0.1) is 5.82 Å². The van der Waals surface area contributed by atoms with Gasteiger partial charge in [0.25, 0.3) is 5.91 Å². The molecule has 0 aliphatic carbocycles. The van der Waals surface area contributed by atoms with Crippen LogP contribution in [0.3, 0.4) is 0 Å². The summed E-state index contributed by atoms with van der Waals surface area (Å²) in [5.41, 5.74) is 3.08. The van der Waals surface area contributed by atoms with Gasteiger partial charge in [-0.25, -0.2) is 9.18 Å². The van der Waals surface area contributed by atoms with Crippen LogP contribution >= 0.6 is 0 Å². The van der Waals surface area contributed by atoms with Crippen molar-refractivity contribution in [2.24, 2.45) is 0 Å². The molecule has 6 nitrogen and oxygen atoms in total.